The van der Waals surface area contributed by atoms with E-state index in [1.54, 1.807) is 0 Å². The Morgan fingerprint density at radius 1 is 0.500 bits per heavy atom. The number of halogens is 2. The van der Waals surface area contributed by atoms with Crippen LogP contribution in [0, 0.1) is 0 Å². The first-order chi connectivity index (χ1) is 0. The summed E-state index contributed by atoms with van der Waals surface area (Å²) in [6.45, 7) is 0. The zero-order valence-corrected chi connectivity index (χ0v) is 10.5. The third-order valence-electron chi connectivity index (χ3n) is 0. The molecular formula is Cl2K2. The van der Waals surface area contributed by atoms with Gasteiger partial charge in [0.25, 0.3) is 0 Å². The molecule has 0 nitrogen and oxygen atoms in total. The van der Waals surface area contributed by atoms with E-state index in [1.807, 2.05) is 0 Å². The van der Waals surface area contributed by atoms with Gasteiger partial charge in [0.1, 0.15) is 0 Å². The maximum absolute atomic E-state index is 0. The molecular weight excluding hydrogens is 149 g/mol. The zero-order chi connectivity index (χ0) is 0. The van der Waals surface area contributed by atoms with Gasteiger partial charge in [-0.15, -0.1) is 0 Å². The van der Waals surface area contributed by atoms with Crippen LogP contribution in [-0.2, 0) is 0 Å². The van der Waals surface area contributed by atoms with Crippen molar-refractivity contribution < 1.29 is 128 Å². The van der Waals surface area contributed by atoms with Crippen molar-refractivity contribution in [2.75, 3.05) is 0 Å². The summed E-state index contributed by atoms with van der Waals surface area (Å²) < 4.78 is 0. The summed E-state index contributed by atoms with van der Waals surface area (Å²) in [5.74, 6) is 0. The van der Waals surface area contributed by atoms with Crippen molar-refractivity contribution in [2.45, 2.75) is 0 Å². The second-order valence-electron chi connectivity index (χ2n) is 0. The summed E-state index contributed by atoms with van der Waals surface area (Å²) in [5, 5.41) is 0. The van der Waals surface area contributed by atoms with Crippen LogP contribution in [0.5, 0.6) is 0 Å². The second kappa shape index (κ2) is 15.8. The van der Waals surface area contributed by atoms with Crippen LogP contribution in [0.25, 0.3) is 0 Å². The predicted molar refractivity (Wildman–Crippen MR) is 0 cm³/mol. The van der Waals surface area contributed by atoms with Crippen molar-refractivity contribution >= 4 is 0 Å². The van der Waals surface area contributed by atoms with E-state index < -0.39 is 0 Å². The van der Waals surface area contributed by atoms with Gasteiger partial charge in [0, 0.05) is 0 Å². The number of hydrogen-bond acceptors (Lipinski definition) is 0. The molecule has 0 aliphatic rings. The van der Waals surface area contributed by atoms with E-state index in [9.17, 15) is 0 Å². The summed E-state index contributed by atoms with van der Waals surface area (Å²) in [5.41, 5.74) is 0. The van der Waals surface area contributed by atoms with Crippen LogP contribution in [0.15, 0.2) is 0 Å². The minimum atomic E-state index is 0. The van der Waals surface area contributed by atoms with Gasteiger partial charge in [-0.25, -0.2) is 0 Å². The maximum atomic E-state index is 0. The molecule has 0 spiro atoms. The van der Waals surface area contributed by atoms with Crippen molar-refractivity contribution in [1.29, 1.82) is 0 Å². The van der Waals surface area contributed by atoms with Crippen LogP contribution in [-0.4, -0.2) is 0 Å². The minimum Gasteiger partial charge on any atom is -1.00 e. The standard InChI is InChI=1S/2ClH.2K/h2*1H;;/q;;2*+1/p-2. The summed E-state index contributed by atoms with van der Waals surface area (Å²) >= 11 is 0. The number of rotatable bonds is 0. The molecule has 0 radical (unpaired) electrons. The molecule has 0 bridgehead atoms. The van der Waals surface area contributed by atoms with Crippen molar-refractivity contribution in [3.05, 3.63) is 0 Å². The van der Waals surface area contributed by atoms with Gasteiger partial charge in [0.15, 0.2) is 0 Å². The van der Waals surface area contributed by atoms with Crippen molar-refractivity contribution in [3.8, 4) is 0 Å². The first-order valence-corrected chi connectivity index (χ1v) is 0. The molecule has 0 aliphatic carbocycles. The Hall–Kier alpha value is 3.85. The van der Waals surface area contributed by atoms with Crippen molar-refractivity contribution in [2.24, 2.45) is 0 Å². The Kier molecular flexibility index (Phi) is 98.2. The summed E-state index contributed by atoms with van der Waals surface area (Å²) in [6, 6.07) is 0. The largest absolute Gasteiger partial charge is 1.00 e. The molecule has 0 aromatic rings. The van der Waals surface area contributed by atoms with E-state index in [0.717, 1.165) is 0 Å². The molecule has 0 saturated heterocycles. The Balaban J connectivity index is 0. The molecule has 0 aromatic carbocycles. The molecule has 0 N–H and O–H groups in total. The molecule has 0 aromatic heterocycles. The maximum Gasteiger partial charge on any atom is 1.00 e. The van der Waals surface area contributed by atoms with E-state index in [1.165, 1.54) is 0 Å². The smallest absolute Gasteiger partial charge is 1.00 e. The van der Waals surface area contributed by atoms with Gasteiger partial charge in [-0.3, -0.25) is 0 Å². The average molecular weight is 149 g/mol. The molecule has 4 heavy (non-hydrogen) atoms. The third-order valence-corrected chi connectivity index (χ3v) is 0. The monoisotopic (exact) mass is 148 g/mol. The van der Waals surface area contributed by atoms with Gasteiger partial charge in [-0.2, -0.15) is 0 Å². The quantitative estimate of drug-likeness (QED) is 0.300. The zero-order valence-electron chi connectivity index (χ0n) is 2.76. The van der Waals surface area contributed by atoms with Crippen LogP contribution in [0.1, 0.15) is 0 Å². The minimum absolute atomic E-state index is 0. The van der Waals surface area contributed by atoms with Crippen LogP contribution in [0.4, 0.5) is 0 Å². The fourth-order valence-corrected chi connectivity index (χ4v) is 0. The normalized spacial score (nSPS) is 0. The van der Waals surface area contributed by atoms with Gasteiger partial charge < -0.3 is 24.8 Å². The molecule has 0 rings (SSSR count). The van der Waals surface area contributed by atoms with Crippen molar-refractivity contribution in [3.63, 3.8) is 0 Å². The molecule has 4 heteroatoms. The molecule has 0 heterocycles. The first kappa shape index (κ1) is 24.8. The van der Waals surface area contributed by atoms with Gasteiger partial charge in [0.2, 0.25) is 0 Å². The van der Waals surface area contributed by atoms with E-state index in [2.05, 4.69) is 0 Å². The Bertz CT molecular complexity index is 4.00. The molecule has 0 saturated carbocycles. The fourth-order valence-electron chi connectivity index (χ4n) is 0. The van der Waals surface area contributed by atoms with E-state index >= 15 is 0 Å². The molecule has 0 amide bonds. The van der Waals surface area contributed by atoms with Crippen LogP contribution in [0.2, 0.25) is 0 Å². The Morgan fingerprint density at radius 2 is 0.500 bits per heavy atom. The Labute approximate surface area is 124 Å². The average Bonchev–Trinajstić information content (AvgIpc) is 0. The van der Waals surface area contributed by atoms with Gasteiger partial charge in [-0.05, 0) is 0 Å². The summed E-state index contributed by atoms with van der Waals surface area (Å²) in [6.07, 6.45) is 0. The van der Waals surface area contributed by atoms with Gasteiger partial charge >= 0.3 is 103 Å². The summed E-state index contributed by atoms with van der Waals surface area (Å²) in [4.78, 5) is 0. The molecule has 0 unspecified atom stereocenters. The molecule has 0 aliphatic heterocycles. The summed E-state index contributed by atoms with van der Waals surface area (Å²) in [7, 11) is 0. The topological polar surface area (TPSA) is 0 Å². The van der Waals surface area contributed by atoms with Crippen molar-refractivity contribution in [1.82, 2.24) is 0 Å². The first-order valence-electron chi connectivity index (χ1n) is 0. The second-order valence-corrected chi connectivity index (χ2v) is 0. The van der Waals surface area contributed by atoms with Gasteiger partial charge in [-0.1, -0.05) is 0 Å². The third kappa shape index (κ3) is 9.29. The fraction of sp³-hybridized carbons (Fsp3) is 0. The van der Waals surface area contributed by atoms with Crippen LogP contribution >= 0.6 is 0 Å². The molecule has 0 fully saturated rings. The number of hydrogen-bond donors (Lipinski definition) is 0. The molecule has 0 atom stereocenters. The van der Waals surface area contributed by atoms with E-state index in [0.29, 0.717) is 0 Å². The SMILES string of the molecule is [Cl-].[Cl-].[K+].[K+]. The van der Waals surface area contributed by atoms with E-state index in [-0.39, 0.29) is 128 Å². The van der Waals surface area contributed by atoms with Gasteiger partial charge in [0.05, 0.1) is 0 Å². The predicted octanol–water partition coefficient (Wildman–Crippen LogP) is -12.0. The molecule has 16 valence electrons. The van der Waals surface area contributed by atoms with E-state index in [4.69, 9.17) is 0 Å². The van der Waals surface area contributed by atoms with Crippen LogP contribution < -0.4 is 128 Å². The van der Waals surface area contributed by atoms with Crippen LogP contribution in [0.3, 0.4) is 0 Å². The Morgan fingerprint density at radius 3 is 0.500 bits per heavy atom.